The molecule has 0 radical (unpaired) electrons. The summed E-state index contributed by atoms with van der Waals surface area (Å²) in [5.41, 5.74) is 2.82. The van der Waals surface area contributed by atoms with E-state index >= 15 is 0 Å². The van der Waals surface area contributed by atoms with E-state index in [-0.39, 0.29) is 18.5 Å². The van der Waals surface area contributed by atoms with Crippen LogP contribution in [0.5, 0.6) is 0 Å². The second-order valence-corrected chi connectivity index (χ2v) is 4.92. The third-order valence-corrected chi connectivity index (χ3v) is 3.44. The lowest BCUT2D eigenvalue weighted by Crippen LogP contribution is -2.22. The first-order chi connectivity index (χ1) is 9.70. The van der Waals surface area contributed by atoms with Crippen molar-refractivity contribution in [3.8, 4) is 0 Å². The first-order valence-corrected chi connectivity index (χ1v) is 6.87. The van der Waals surface area contributed by atoms with E-state index in [0.717, 1.165) is 18.5 Å². The van der Waals surface area contributed by atoms with Crippen LogP contribution in [0.1, 0.15) is 29.7 Å². The first-order valence-electron chi connectivity index (χ1n) is 6.87. The molecule has 0 saturated heterocycles. The molecule has 2 N–H and O–H groups in total. The lowest BCUT2D eigenvalue weighted by Gasteiger charge is -2.15. The molecule has 0 fully saturated rings. The Morgan fingerprint density at radius 3 is 2.35 bits per heavy atom. The van der Waals surface area contributed by atoms with Crippen molar-refractivity contribution in [3.63, 3.8) is 0 Å². The predicted molar refractivity (Wildman–Crippen MR) is 78.9 cm³/mol. The molecule has 0 spiro atoms. The Kier molecular flexibility index (Phi) is 5.27. The molecule has 3 heteroatoms. The number of halogens is 1. The van der Waals surface area contributed by atoms with Gasteiger partial charge in [0.25, 0.3) is 0 Å². The summed E-state index contributed by atoms with van der Waals surface area (Å²) in [6, 6.07) is 14.7. The summed E-state index contributed by atoms with van der Waals surface area (Å²) in [6.07, 6.45) is 0.879. The molecule has 2 rings (SSSR count). The Morgan fingerprint density at radius 1 is 1.05 bits per heavy atom. The molecule has 20 heavy (non-hydrogen) atoms. The van der Waals surface area contributed by atoms with E-state index in [1.807, 2.05) is 43.3 Å². The first kappa shape index (κ1) is 14.7. The Balaban J connectivity index is 1.84. The van der Waals surface area contributed by atoms with Crippen LogP contribution in [0.3, 0.4) is 0 Å². The molecule has 2 aromatic carbocycles. The number of nitrogens with one attached hydrogen (secondary N) is 1. The highest BCUT2D eigenvalue weighted by atomic mass is 19.1. The molecule has 0 saturated carbocycles. The zero-order valence-electron chi connectivity index (χ0n) is 11.6. The van der Waals surface area contributed by atoms with Gasteiger partial charge in [0.1, 0.15) is 5.82 Å². The Labute approximate surface area is 119 Å². The van der Waals surface area contributed by atoms with Crippen LogP contribution in [0.4, 0.5) is 4.39 Å². The maximum absolute atomic E-state index is 13.6. The van der Waals surface area contributed by atoms with Crippen molar-refractivity contribution in [2.45, 2.75) is 26.0 Å². The molecule has 106 valence electrons. The summed E-state index contributed by atoms with van der Waals surface area (Å²) in [5.74, 6) is -0.167. The van der Waals surface area contributed by atoms with Crippen molar-refractivity contribution in [1.82, 2.24) is 5.32 Å². The Morgan fingerprint density at radius 2 is 1.70 bits per heavy atom. The molecule has 0 amide bonds. The van der Waals surface area contributed by atoms with Gasteiger partial charge < -0.3 is 10.4 Å². The van der Waals surface area contributed by atoms with Gasteiger partial charge in [-0.3, -0.25) is 0 Å². The molecule has 0 aliphatic carbocycles. The van der Waals surface area contributed by atoms with Crippen molar-refractivity contribution in [2.24, 2.45) is 0 Å². The van der Waals surface area contributed by atoms with Crippen molar-refractivity contribution in [1.29, 1.82) is 0 Å². The lowest BCUT2D eigenvalue weighted by atomic mass is 10.1. The smallest absolute Gasteiger partial charge is 0.127 e. The van der Waals surface area contributed by atoms with Gasteiger partial charge in [-0.25, -0.2) is 4.39 Å². The van der Waals surface area contributed by atoms with Crippen LogP contribution in [0.2, 0.25) is 0 Å². The zero-order chi connectivity index (χ0) is 14.4. The van der Waals surface area contributed by atoms with Gasteiger partial charge in [-0.2, -0.15) is 0 Å². The molecule has 2 nitrogen and oxygen atoms in total. The molecule has 1 unspecified atom stereocenters. The number of aliphatic hydroxyl groups excluding tert-OH is 1. The van der Waals surface area contributed by atoms with E-state index in [2.05, 4.69) is 5.32 Å². The van der Waals surface area contributed by atoms with E-state index in [1.165, 1.54) is 11.6 Å². The largest absolute Gasteiger partial charge is 0.392 e. The minimum atomic E-state index is -0.167. The van der Waals surface area contributed by atoms with E-state index in [9.17, 15) is 4.39 Å². The van der Waals surface area contributed by atoms with E-state index < -0.39 is 0 Å². The fraction of sp³-hybridized carbons (Fsp3) is 0.294. The van der Waals surface area contributed by atoms with Gasteiger partial charge >= 0.3 is 0 Å². The highest BCUT2D eigenvalue weighted by molar-refractivity contribution is 5.23. The van der Waals surface area contributed by atoms with Gasteiger partial charge in [-0.15, -0.1) is 0 Å². The average molecular weight is 273 g/mol. The van der Waals surface area contributed by atoms with Gasteiger partial charge in [-0.1, -0.05) is 42.5 Å². The van der Waals surface area contributed by atoms with Gasteiger partial charge in [0, 0.05) is 11.6 Å². The molecule has 0 heterocycles. The van der Waals surface area contributed by atoms with Gasteiger partial charge in [-0.05, 0) is 37.1 Å². The van der Waals surface area contributed by atoms with E-state index in [1.54, 1.807) is 6.07 Å². The maximum atomic E-state index is 13.6. The number of benzene rings is 2. The standard InChI is InChI=1S/C17H20FNO/c1-13(16-4-2-3-5-17(16)18)19-11-10-14-6-8-15(12-20)9-7-14/h2-9,13,19-20H,10-12H2,1H3. The average Bonchev–Trinajstić information content (AvgIpc) is 2.48. The number of aliphatic hydroxyl groups is 1. The lowest BCUT2D eigenvalue weighted by molar-refractivity contribution is 0.282. The van der Waals surface area contributed by atoms with Crippen LogP contribution in [-0.4, -0.2) is 11.7 Å². The van der Waals surface area contributed by atoms with Crippen LogP contribution in [0, 0.1) is 5.82 Å². The van der Waals surface area contributed by atoms with Gasteiger partial charge in [0.2, 0.25) is 0 Å². The molecular formula is C17H20FNO. The van der Waals surface area contributed by atoms with Crippen molar-refractivity contribution < 1.29 is 9.50 Å². The van der Waals surface area contributed by atoms with Crippen LogP contribution in [0.15, 0.2) is 48.5 Å². The Hall–Kier alpha value is -1.71. The normalized spacial score (nSPS) is 12.3. The van der Waals surface area contributed by atoms with Crippen LogP contribution < -0.4 is 5.32 Å². The van der Waals surface area contributed by atoms with Crippen molar-refractivity contribution in [2.75, 3.05) is 6.54 Å². The molecule has 2 aromatic rings. The van der Waals surface area contributed by atoms with Crippen LogP contribution in [-0.2, 0) is 13.0 Å². The molecule has 0 aliphatic rings. The fourth-order valence-electron chi connectivity index (χ4n) is 2.18. The minimum Gasteiger partial charge on any atom is -0.392 e. The summed E-state index contributed by atoms with van der Waals surface area (Å²) >= 11 is 0. The minimum absolute atomic E-state index is 0.00656. The van der Waals surface area contributed by atoms with Gasteiger partial charge in [0.05, 0.1) is 6.61 Å². The van der Waals surface area contributed by atoms with Crippen LogP contribution in [0.25, 0.3) is 0 Å². The second kappa shape index (κ2) is 7.17. The summed E-state index contributed by atoms with van der Waals surface area (Å²) in [4.78, 5) is 0. The molecular weight excluding hydrogens is 253 g/mol. The molecule has 0 aliphatic heterocycles. The molecule has 1 atom stereocenters. The summed E-state index contributed by atoms with van der Waals surface area (Å²) in [7, 11) is 0. The van der Waals surface area contributed by atoms with E-state index in [0.29, 0.717) is 5.56 Å². The highest BCUT2D eigenvalue weighted by Crippen LogP contribution is 2.15. The fourth-order valence-corrected chi connectivity index (χ4v) is 2.18. The number of hydrogen-bond acceptors (Lipinski definition) is 2. The van der Waals surface area contributed by atoms with Crippen molar-refractivity contribution in [3.05, 3.63) is 71.0 Å². The number of hydrogen-bond donors (Lipinski definition) is 2. The monoisotopic (exact) mass is 273 g/mol. The zero-order valence-corrected chi connectivity index (χ0v) is 11.6. The SMILES string of the molecule is CC(NCCc1ccc(CO)cc1)c1ccccc1F. The summed E-state index contributed by atoms with van der Waals surface area (Å²) in [5, 5.41) is 12.3. The second-order valence-electron chi connectivity index (χ2n) is 4.92. The van der Waals surface area contributed by atoms with Crippen LogP contribution >= 0.6 is 0 Å². The topological polar surface area (TPSA) is 32.3 Å². The number of rotatable bonds is 6. The third kappa shape index (κ3) is 3.89. The summed E-state index contributed by atoms with van der Waals surface area (Å²) in [6.45, 7) is 2.82. The van der Waals surface area contributed by atoms with Gasteiger partial charge in [0.15, 0.2) is 0 Å². The summed E-state index contributed by atoms with van der Waals surface area (Å²) < 4.78 is 13.6. The highest BCUT2D eigenvalue weighted by Gasteiger charge is 2.08. The maximum Gasteiger partial charge on any atom is 0.127 e. The van der Waals surface area contributed by atoms with E-state index in [4.69, 9.17) is 5.11 Å². The quantitative estimate of drug-likeness (QED) is 0.847. The van der Waals surface area contributed by atoms with Crippen molar-refractivity contribution >= 4 is 0 Å². The Bertz CT molecular complexity index is 539. The third-order valence-electron chi connectivity index (χ3n) is 3.44. The molecule has 0 aromatic heterocycles. The predicted octanol–water partition coefficient (Wildman–Crippen LogP) is 3.21. The molecule has 0 bridgehead atoms.